The molecule has 0 amide bonds. The number of carboxylic acids is 1. The maximum absolute atomic E-state index is 11.1. The van der Waals surface area contributed by atoms with Gasteiger partial charge in [-0.2, -0.15) is 0 Å². The van der Waals surface area contributed by atoms with Gasteiger partial charge in [-0.25, -0.2) is 4.79 Å². The lowest BCUT2D eigenvalue weighted by molar-refractivity contribution is 0.0693. The van der Waals surface area contributed by atoms with E-state index < -0.39 is 5.97 Å². The molecule has 0 aliphatic heterocycles. The lowest BCUT2D eigenvalue weighted by Gasteiger charge is -2.23. The molecule has 4 nitrogen and oxygen atoms in total. The van der Waals surface area contributed by atoms with Crippen LogP contribution in [0, 0.1) is 0 Å². The van der Waals surface area contributed by atoms with E-state index in [4.69, 9.17) is 5.11 Å². The van der Waals surface area contributed by atoms with E-state index in [2.05, 4.69) is 22.9 Å². The van der Waals surface area contributed by atoms with Crippen LogP contribution in [-0.2, 0) is 6.54 Å². The Bertz CT molecular complexity index is 554. The maximum atomic E-state index is 11.1. The number of thiophene rings is 1. The normalized spacial score (nSPS) is 12.6. The van der Waals surface area contributed by atoms with E-state index in [1.54, 1.807) is 29.7 Å². The van der Waals surface area contributed by atoms with E-state index in [-0.39, 0.29) is 11.6 Å². The molecular weight excluding hydrogens is 260 g/mol. The minimum Gasteiger partial charge on any atom is -0.478 e. The van der Waals surface area contributed by atoms with Gasteiger partial charge in [0.15, 0.2) is 0 Å². The van der Waals surface area contributed by atoms with Gasteiger partial charge in [-0.05, 0) is 37.6 Å². The number of aromatic carboxylic acids is 1. The SMILES string of the molecule is CC(c1cccs1)N(C)Cc1ncccc1C(=O)O. The molecule has 1 atom stereocenters. The van der Waals surface area contributed by atoms with Crippen LogP contribution in [-0.4, -0.2) is 28.0 Å². The number of pyridine rings is 1. The topological polar surface area (TPSA) is 53.4 Å². The van der Waals surface area contributed by atoms with Crippen molar-refractivity contribution in [3.63, 3.8) is 0 Å². The van der Waals surface area contributed by atoms with E-state index in [1.165, 1.54) is 4.88 Å². The molecule has 0 radical (unpaired) electrons. The largest absolute Gasteiger partial charge is 0.478 e. The molecule has 2 aromatic heterocycles. The first kappa shape index (κ1) is 13.7. The van der Waals surface area contributed by atoms with E-state index in [1.807, 2.05) is 18.5 Å². The van der Waals surface area contributed by atoms with Crippen LogP contribution in [0.5, 0.6) is 0 Å². The Morgan fingerprint density at radius 3 is 2.89 bits per heavy atom. The second-order valence-corrected chi connectivity index (χ2v) is 5.39. The molecule has 5 heteroatoms. The molecule has 2 rings (SSSR count). The molecule has 19 heavy (non-hydrogen) atoms. The third-order valence-electron chi connectivity index (χ3n) is 3.14. The number of nitrogens with zero attached hydrogens (tertiary/aromatic N) is 2. The van der Waals surface area contributed by atoms with Crippen LogP contribution in [0.2, 0.25) is 0 Å². The van der Waals surface area contributed by atoms with Crippen molar-refractivity contribution < 1.29 is 9.90 Å². The molecule has 0 aromatic carbocycles. The average molecular weight is 276 g/mol. The van der Waals surface area contributed by atoms with E-state index in [0.717, 1.165) is 0 Å². The van der Waals surface area contributed by atoms with Crippen LogP contribution in [0.3, 0.4) is 0 Å². The second-order valence-electron chi connectivity index (χ2n) is 4.41. The van der Waals surface area contributed by atoms with Crippen molar-refractivity contribution in [2.24, 2.45) is 0 Å². The Kier molecular flexibility index (Phi) is 4.29. The minimum absolute atomic E-state index is 0.239. The van der Waals surface area contributed by atoms with Gasteiger partial charge in [0, 0.05) is 23.7 Å². The molecule has 100 valence electrons. The minimum atomic E-state index is -0.930. The van der Waals surface area contributed by atoms with Crippen LogP contribution >= 0.6 is 11.3 Å². The molecule has 0 bridgehead atoms. The summed E-state index contributed by atoms with van der Waals surface area (Å²) in [5.74, 6) is -0.930. The highest BCUT2D eigenvalue weighted by Gasteiger charge is 2.17. The molecular formula is C14H16N2O2S. The molecule has 1 N–H and O–H groups in total. The first-order valence-electron chi connectivity index (χ1n) is 6.00. The van der Waals surface area contributed by atoms with Crippen molar-refractivity contribution in [2.75, 3.05) is 7.05 Å². The number of hydrogen-bond acceptors (Lipinski definition) is 4. The first-order chi connectivity index (χ1) is 9.09. The summed E-state index contributed by atoms with van der Waals surface area (Å²) in [6, 6.07) is 7.59. The zero-order valence-corrected chi connectivity index (χ0v) is 11.7. The summed E-state index contributed by atoms with van der Waals surface area (Å²) in [6.45, 7) is 2.62. The monoisotopic (exact) mass is 276 g/mol. The summed E-state index contributed by atoms with van der Waals surface area (Å²) < 4.78 is 0. The Morgan fingerprint density at radius 1 is 1.47 bits per heavy atom. The molecule has 0 fully saturated rings. The van der Waals surface area contributed by atoms with Crippen molar-refractivity contribution in [3.05, 3.63) is 52.0 Å². The van der Waals surface area contributed by atoms with Gasteiger partial charge in [-0.3, -0.25) is 9.88 Å². The first-order valence-corrected chi connectivity index (χ1v) is 6.88. The number of carboxylic acid groups (broad SMARTS) is 1. The highest BCUT2D eigenvalue weighted by Crippen LogP contribution is 2.24. The number of carbonyl (C=O) groups is 1. The zero-order valence-electron chi connectivity index (χ0n) is 10.9. The predicted molar refractivity (Wildman–Crippen MR) is 75.4 cm³/mol. The van der Waals surface area contributed by atoms with Crippen LogP contribution in [0.1, 0.15) is 33.9 Å². The van der Waals surface area contributed by atoms with Crippen LogP contribution in [0.4, 0.5) is 0 Å². The number of hydrogen-bond donors (Lipinski definition) is 1. The van der Waals surface area contributed by atoms with E-state index >= 15 is 0 Å². The maximum Gasteiger partial charge on any atom is 0.337 e. The summed E-state index contributed by atoms with van der Waals surface area (Å²) in [7, 11) is 1.98. The lowest BCUT2D eigenvalue weighted by Crippen LogP contribution is -2.23. The third kappa shape index (κ3) is 3.19. The van der Waals surface area contributed by atoms with Gasteiger partial charge >= 0.3 is 5.97 Å². The van der Waals surface area contributed by atoms with Crippen molar-refractivity contribution >= 4 is 17.3 Å². The van der Waals surface area contributed by atoms with Crippen LogP contribution in [0.25, 0.3) is 0 Å². The summed E-state index contributed by atoms with van der Waals surface area (Å²) in [6.07, 6.45) is 1.63. The summed E-state index contributed by atoms with van der Waals surface area (Å²) >= 11 is 1.70. The molecule has 0 saturated carbocycles. The van der Waals surface area contributed by atoms with Crippen molar-refractivity contribution in [1.82, 2.24) is 9.88 Å². The Labute approximate surface area is 116 Å². The van der Waals surface area contributed by atoms with Gasteiger partial charge in [0.05, 0.1) is 11.3 Å². The van der Waals surface area contributed by atoms with E-state index in [9.17, 15) is 4.79 Å². The number of aromatic nitrogens is 1. The van der Waals surface area contributed by atoms with Crippen molar-refractivity contribution in [2.45, 2.75) is 19.5 Å². The molecule has 2 aromatic rings. The van der Waals surface area contributed by atoms with Gasteiger partial charge < -0.3 is 5.11 Å². The van der Waals surface area contributed by atoms with Crippen molar-refractivity contribution in [3.8, 4) is 0 Å². The van der Waals surface area contributed by atoms with E-state index in [0.29, 0.717) is 12.2 Å². The van der Waals surface area contributed by atoms with Crippen LogP contribution < -0.4 is 0 Å². The van der Waals surface area contributed by atoms with Crippen molar-refractivity contribution in [1.29, 1.82) is 0 Å². The zero-order chi connectivity index (χ0) is 13.8. The summed E-state index contributed by atoms with van der Waals surface area (Å²) in [5.41, 5.74) is 0.869. The molecule has 0 aliphatic rings. The molecule has 1 unspecified atom stereocenters. The second kappa shape index (κ2) is 5.95. The highest BCUT2D eigenvalue weighted by molar-refractivity contribution is 7.10. The van der Waals surface area contributed by atoms with Gasteiger partial charge in [0.2, 0.25) is 0 Å². The fourth-order valence-corrected chi connectivity index (χ4v) is 2.73. The fourth-order valence-electron chi connectivity index (χ4n) is 1.88. The van der Waals surface area contributed by atoms with Gasteiger partial charge in [0.25, 0.3) is 0 Å². The quantitative estimate of drug-likeness (QED) is 0.912. The van der Waals surface area contributed by atoms with Crippen LogP contribution in [0.15, 0.2) is 35.8 Å². The Hall–Kier alpha value is -1.72. The molecule has 0 spiro atoms. The van der Waals surface area contributed by atoms with Gasteiger partial charge in [-0.1, -0.05) is 6.07 Å². The Morgan fingerprint density at radius 2 is 2.26 bits per heavy atom. The predicted octanol–water partition coefficient (Wildman–Crippen LogP) is 3.03. The lowest BCUT2D eigenvalue weighted by atomic mass is 10.1. The van der Waals surface area contributed by atoms with Gasteiger partial charge in [0.1, 0.15) is 0 Å². The third-order valence-corrected chi connectivity index (χ3v) is 4.18. The number of rotatable bonds is 5. The standard InChI is InChI=1S/C14H16N2O2S/c1-10(13-6-4-8-19-13)16(2)9-12-11(14(17)18)5-3-7-15-12/h3-8,10H,9H2,1-2H3,(H,17,18). The summed E-state index contributed by atoms with van der Waals surface area (Å²) in [5, 5.41) is 11.2. The highest BCUT2D eigenvalue weighted by atomic mass is 32.1. The average Bonchev–Trinajstić information content (AvgIpc) is 2.92. The fraction of sp³-hybridized carbons (Fsp3) is 0.286. The molecule has 0 saturated heterocycles. The molecule has 0 aliphatic carbocycles. The van der Waals surface area contributed by atoms with Gasteiger partial charge in [-0.15, -0.1) is 11.3 Å². The Balaban J connectivity index is 2.15. The summed E-state index contributed by atoms with van der Waals surface area (Å²) in [4.78, 5) is 18.7. The molecule has 2 heterocycles. The smallest absolute Gasteiger partial charge is 0.337 e.